The van der Waals surface area contributed by atoms with Gasteiger partial charge in [-0.1, -0.05) is 0 Å². The third-order valence-corrected chi connectivity index (χ3v) is 4.20. The van der Waals surface area contributed by atoms with Gasteiger partial charge >= 0.3 is 5.97 Å². The van der Waals surface area contributed by atoms with E-state index in [9.17, 15) is 9.18 Å². The Morgan fingerprint density at radius 2 is 2.15 bits per heavy atom. The highest BCUT2D eigenvalue weighted by molar-refractivity contribution is 7.99. The van der Waals surface area contributed by atoms with E-state index < -0.39 is 11.8 Å². The topological polar surface area (TPSA) is 78.6 Å². The molecule has 4 N–H and O–H groups in total. The molecule has 0 amide bonds. The van der Waals surface area contributed by atoms with Crippen LogP contribution in [-0.4, -0.2) is 53.7 Å². The number of thioether (sulfide) groups is 1. The summed E-state index contributed by atoms with van der Waals surface area (Å²) in [6, 6.07) is 2.60. The fraction of sp³-hybridized carbons (Fsp3) is 0.462. The molecular formula is C13H18FN3O2S. The molecule has 1 aromatic rings. The number of carboxylic acids is 1. The van der Waals surface area contributed by atoms with Crippen LogP contribution in [0.4, 0.5) is 15.8 Å². The number of halogens is 1. The van der Waals surface area contributed by atoms with Crippen LogP contribution in [0.15, 0.2) is 12.1 Å². The van der Waals surface area contributed by atoms with Gasteiger partial charge in [0.2, 0.25) is 0 Å². The number of nitrogens with two attached hydrogens (primary N) is 1. The standard InChI is InChI=1S/C13H18FN3O2S/c14-9-1-2-10(11(12(9)15)13(18)19)16-3-4-17-5-7-20-8-6-17/h1-2,16H,3-8,15H2,(H,18,19). The second kappa shape index (κ2) is 6.81. The molecule has 5 nitrogen and oxygen atoms in total. The van der Waals surface area contributed by atoms with Crippen LogP contribution in [0.25, 0.3) is 0 Å². The first-order chi connectivity index (χ1) is 9.59. The second-order valence-corrected chi connectivity index (χ2v) is 5.79. The Bertz CT molecular complexity index is 493. The Hall–Kier alpha value is -1.47. The lowest BCUT2D eigenvalue weighted by atomic mass is 10.1. The van der Waals surface area contributed by atoms with Crippen LogP contribution in [0, 0.1) is 5.82 Å². The van der Waals surface area contributed by atoms with Gasteiger partial charge in [0.25, 0.3) is 0 Å². The number of nitrogen functional groups attached to an aromatic ring is 1. The summed E-state index contributed by atoms with van der Waals surface area (Å²) in [5.74, 6) is 0.327. The maximum Gasteiger partial charge on any atom is 0.340 e. The second-order valence-electron chi connectivity index (χ2n) is 4.57. The molecule has 0 unspecified atom stereocenters. The zero-order chi connectivity index (χ0) is 14.5. The van der Waals surface area contributed by atoms with Gasteiger partial charge in [-0.2, -0.15) is 11.8 Å². The number of nitrogens with one attached hydrogen (secondary N) is 1. The summed E-state index contributed by atoms with van der Waals surface area (Å²) < 4.78 is 13.3. The minimum absolute atomic E-state index is 0.195. The molecule has 20 heavy (non-hydrogen) atoms. The Morgan fingerprint density at radius 1 is 1.45 bits per heavy atom. The largest absolute Gasteiger partial charge is 0.478 e. The molecule has 110 valence electrons. The van der Waals surface area contributed by atoms with Crippen LogP contribution in [0.3, 0.4) is 0 Å². The molecule has 1 aromatic carbocycles. The predicted octanol–water partition coefficient (Wildman–Crippen LogP) is 1.57. The van der Waals surface area contributed by atoms with Crippen LogP contribution < -0.4 is 11.1 Å². The maximum atomic E-state index is 13.3. The number of hydrogen-bond acceptors (Lipinski definition) is 5. The summed E-state index contributed by atoms with van der Waals surface area (Å²) in [6.45, 7) is 3.53. The van der Waals surface area contributed by atoms with E-state index in [4.69, 9.17) is 10.8 Å². The molecule has 2 rings (SSSR count). The van der Waals surface area contributed by atoms with E-state index in [1.54, 1.807) is 0 Å². The molecule has 0 aliphatic carbocycles. The highest BCUT2D eigenvalue weighted by atomic mass is 32.2. The maximum absolute atomic E-state index is 13.3. The Balaban J connectivity index is 1.98. The van der Waals surface area contributed by atoms with Crippen molar-refractivity contribution in [2.75, 3.05) is 48.7 Å². The lowest BCUT2D eigenvalue weighted by Gasteiger charge is -2.26. The number of hydrogen-bond donors (Lipinski definition) is 3. The first-order valence-electron chi connectivity index (χ1n) is 6.45. The molecule has 0 bridgehead atoms. The van der Waals surface area contributed by atoms with E-state index in [0.717, 1.165) is 31.1 Å². The van der Waals surface area contributed by atoms with E-state index in [0.29, 0.717) is 12.2 Å². The molecule has 1 fully saturated rings. The van der Waals surface area contributed by atoms with Crippen molar-refractivity contribution >= 4 is 29.1 Å². The molecule has 0 aromatic heterocycles. The van der Waals surface area contributed by atoms with Gasteiger partial charge in [-0.3, -0.25) is 4.90 Å². The van der Waals surface area contributed by atoms with E-state index in [1.807, 2.05) is 11.8 Å². The predicted molar refractivity (Wildman–Crippen MR) is 80.0 cm³/mol. The Morgan fingerprint density at radius 3 is 2.80 bits per heavy atom. The van der Waals surface area contributed by atoms with Crippen LogP contribution in [0.1, 0.15) is 10.4 Å². The van der Waals surface area contributed by atoms with Gasteiger partial charge in [0.1, 0.15) is 11.4 Å². The first kappa shape index (κ1) is 14.9. The minimum Gasteiger partial charge on any atom is -0.478 e. The molecular weight excluding hydrogens is 281 g/mol. The normalized spacial score (nSPS) is 16.1. The van der Waals surface area contributed by atoms with Gasteiger partial charge in [-0.15, -0.1) is 0 Å². The van der Waals surface area contributed by atoms with E-state index in [1.165, 1.54) is 12.1 Å². The summed E-state index contributed by atoms with van der Waals surface area (Å²) in [6.07, 6.45) is 0. The molecule has 1 saturated heterocycles. The quantitative estimate of drug-likeness (QED) is 0.716. The van der Waals surface area contributed by atoms with Crippen LogP contribution in [0.2, 0.25) is 0 Å². The number of carbonyl (C=O) groups is 1. The summed E-state index contributed by atoms with van der Waals surface area (Å²) >= 11 is 1.94. The van der Waals surface area contributed by atoms with E-state index >= 15 is 0 Å². The molecule has 7 heteroatoms. The van der Waals surface area contributed by atoms with Crippen LogP contribution in [-0.2, 0) is 0 Å². The van der Waals surface area contributed by atoms with Gasteiger partial charge in [-0.05, 0) is 12.1 Å². The van der Waals surface area contributed by atoms with Gasteiger partial charge in [0.15, 0.2) is 0 Å². The monoisotopic (exact) mass is 299 g/mol. The summed E-state index contributed by atoms with van der Waals surface area (Å²) in [7, 11) is 0. The minimum atomic E-state index is -1.22. The molecule has 1 aliphatic rings. The third kappa shape index (κ3) is 3.55. The fourth-order valence-electron chi connectivity index (χ4n) is 2.15. The van der Waals surface area contributed by atoms with Gasteiger partial charge < -0.3 is 16.2 Å². The van der Waals surface area contributed by atoms with E-state index in [2.05, 4.69) is 10.2 Å². The van der Waals surface area contributed by atoms with Crippen molar-refractivity contribution in [3.8, 4) is 0 Å². The zero-order valence-corrected chi connectivity index (χ0v) is 11.9. The first-order valence-corrected chi connectivity index (χ1v) is 7.60. The number of anilines is 2. The number of benzene rings is 1. The van der Waals surface area contributed by atoms with Crippen molar-refractivity contribution in [1.82, 2.24) is 4.90 Å². The van der Waals surface area contributed by atoms with Crippen molar-refractivity contribution in [3.63, 3.8) is 0 Å². The fourth-order valence-corrected chi connectivity index (χ4v) is 3.12. The third-order valence-electron chi connectivity index (χ3n) is 3.25. The summed E-state index contributed by atoms with van der Waals surface area (Å²) in [5, 5.41) is 12.2. The Kier molecular flexibility index (Phi) is 5.08. The average Bonchev–Trinajstić information content (AvgIpc) is 2.43. The molecule has 1 heterocycles. The number of nitrogens with zero attached hydrogens (tertiary/aromatic N) is 1. The van der Waals surface area contributed by atoms with Gasteiger partial charge in [-0.25, -0.2) is 9.18 Å². The lowest BCUT2D eigenvalue weighted by Crippen LogP contribution is -2.36. The lowest BCUT2D eigenvalue weighted by molar-refractivity contribution is 0.0698. The average molecular weight is 299 g/mol. The van der Waals surface area contributed by atoms with Crippen LogP contribution in [0.5, 0.6) is 0 Å². The van der Waals surface area contributed by atoms with Gasteiger partial charge in [0.05, 0.1) is 11.4 Å². The number of carboxylic acid groups (broad SMARTS) is 1. The number of aromatic carboxylic acids is 1. The molecule has 0 saturated carbocycles. The molecule has 0 atom stereocenters. The molecule has 0 radical (unpaired) electrons. The smallest absolute Gasteiger partial charge is 0.340 e. The number of rotatable bonds is 5. The van der Waals surface area contributed by atoms with Gasteiger partial charge in [0, 0.05) is 37.7 Å². The van der Waals surface area contributed by atoms with Crippen molar-refractivity contribution < 1.29 is 14.3 Å². The summed E-state index contributed by atoms with van der Waals surface area (Å²) in [4.78, 5) is 13.5. The van der Waals surface area contributed by atoms with Crippen LogP contribution >= 0.6 is 11.8 Å². The molecule has 0 spiro atoms. The van der Waals surface area contributed by atoms with E-state index in [-0.39, 0.29) is 11.3 Å². The molecule has 1 aliphatic heterocycles. The highest BCUT2D eigenvalue weighted by Crippen LogP contribution is 2.25. The highest BCUT2D eigenvalue weighted by Gasteiger charge is 2.17. The summed E-state index contributed by atoms with van der Waals surface area (Å²) in [5.41, 5.74) is 5.34. The van der Waals surface area contributed by atoms with Crippen molar-refractivity contribution in [2.24, 2.45) is 0 Å². The zero-order valence-electron chi connectivity index (χ0n) is 11.1. The Labute approximate surface area is 121 Å². The van der Waals surface area contributed by atoms with Crippen molar-refractivity contribution in [3.05, 3.63) is 23.5 Å². The van der Waals surface area contributed by atoms with Crippen molar-refractivity contribution in [2.45, 2.75) is 0 Å². The van der Waals surface area contributed by atoms with Crippen molar-refractivity contribution in [1.29, 1.82) is 0 Å². The SMILES string of the molecule is Nc1c(F)ccc(NCCN2CCSCC2)c1C(=O)O.